The van der Waals surface area contributed by atoms with Crippen LogP contribution < -0.4 is 5.32 Å². The van der Waals surface area contributed by atoms with Crippen LogP contribution in [0.1, 0.15) is 11.1 Å². The summed E-state index contributed by atoms with van der Waals surface area (Å²) in [6, 6.07) is 14.6. The molecule has 1 aliphatic heterocycles. The van der Waals surface area contributed by atoms with Gasteiger partial charge in [0.2, 0.25) is 5.91 Å². The fourth-order valence-electron chi connectivity index (χ4n) is 2.38. The highest BCUT2D eigenvalue weighted by Gasteiger charge is 2.23. The van der Waals surface area contributed by atoms with Crippen LogP contribution in [0.15, 0.2) is 53.6 Å². The van der Waals surface area contributed by atoms with Gasteiger partial charge in [-0.25, -0.2) is 5.01 Å². The minimum Gasteiger partial charge on any atom is -0.324 e. The fourth-order valence-corrected chi connectivity index (χ4v) is 2.84. The molecule has 5 nitrogen and oxygen atoms in total. The molecule has 1 N–H and O–H groups in total. The lowest BCUT2D eigenvalue weighted by Gasteiger charge is -2.23. The van der Waals surface area contributed by atoms with Crippen molar-refractivity contribution in [3.05, 3.63) is 64.7 Å². The third-order valence-corrected chi connectivity index (χ3v) is 4.19. The molecule has 1 aliphatic rings. The van der Waals surface area contributed by atoms with Crippen LogP contribution in [0.4, 0.5) is 5.69 Å². The van der Waals surface area contributed by atoms with Gasteiger partial charge in [-0.1, -0.05) is 57.9 Å². The number of anilines is 1. The average molecular weight is 407 g/mol. The normalized spacial score (nSPS) is 14.2. The van der Waals surface area contributed by atoms with Crippen molar-refractivity contribution in [2.75, 3.05) is 17.2 Å². The number of hydrogen-bond donors (Lipinski definition) is 1. The first kappa shape index (κ1) is 16.7. The van der Waals surface area contributed by atoms with E-state index in [0.29, 0.717) is 22.0 Å². The maximum Gasteiger partial charge on any atom is 0.253 e. The number of halogens is 2. The Labute approximate surface area is 152 Å². The molecule has 0 saturated heterocycles. The van der Waals surface area contributed by atoms with Crippen LogP contribution in [0.25, 0.3) is 0 Å². The fraction of sp³-hybridized carbons (Fsp3) is 0.118. The van der Waals surface area contributed by atoms with E-state index in [0.717, 1.165) is 10.6 Å². The quantitative estimate of drug-likeness (QED) is 0.778. The van der Waals surface area contributed by atoms with Crippen molar-refractivity contribution in [2.24, 2.45) is 5.10 Å². The number of hydrazone groups is 1. The molecule has 2 aromatic rings. The summed E-state index contributed by atoms with van der Waals surface area (Å²) >= 11 is 9.25. The van der Waals surface area contributed by atoms with Gasteiger partial charge < -0.3 is 5.32 Å². The molecule has 7 heteroatoms. The number of alkyl halides is 1. The molecule has 0 unspecified atom stereocenters. The topological polar surface area (TPSA) is 61.8 Å². The smallest absolute Gasteiger partial charge is 0.253 e. The second kappa shape index (κ2) is 7.15. The minimum absolute atomic E-state index is 0.0776. The maximum atomic E-state index is 12.1. The molecule has 0 saturated carbocycles. The molecular weight excluding hydrogens is 394 g/mol. The monoisotopic (exact) mass is 405 g/mol. The molecule has 1 heterocycles. The largest absolute Gasteiger partial charge is 0.324 e. The van der Waals surface area contributed by atoms with Gasteiger partial charge >= 0.3 is 0 Å². The lowest BCUT2D eigenvalue weighted by molar-refractivity contribution is -0.132. The van der Waals surface area contributed by atoms with Gasteiger partial charge in [0.1, 0.15) is 12.3 Å². The van der Waals surface area contributed by atoms with Gasteiger partial charge in [0.15, 0.2) is 0 Å². The van der Waals surface area contributed by atoms with E-state index in [2.05, 4.69) is 26.3 Å². The molecule has 0 aromatic heterocycles. The van der Waals surface area contributed by atoms with Crippen LogP contribution in [0.2, 0.25) is 5.02 Å². The Morgan fingerprint density at radius 3 is 2.71 bits per heavy atom. The summed E-state index contributed by atoms with van der Waals surface area (Å²) in [5.41, 5.74) is 2.67. The summed E-state index contributed by atoms with van der Waals surface area (Å²) in [5.74, 6) is -0.618. The average Bonchev–Trinajstić information content (AvgIpc) is 2.59. The molecule has 0 radical (unpaired) electrons. The van der Waals surface area contributed by atoms with Crippen LogP contribution in [0.5, 0.6) is 0 Å². The van der Waals surface area contributed by atoms with Crippen molar-refractivity contribution in [3.8, 4) is 0 Å². The van der Waals surface area contributed by atoms with E-state index in [4.69, 9.17) is 11.6 Å². The zero-order valence-corrected chi connectivity index (χ0v) is 14.8. The number of fused-ring (bicyclic) bond motifs is 1. The lowest BCUT2D eigenvalue weighted by Crippen LogP contribution is -2.37. The van der Waals surface area contributed by atoms with E-state index in [9.17, 15) is 9.59 Å². The predicted molar refractivity (Wildman–Crippen MR) is 97.7 cm³/mol. The Morgan fingerprint density at radius 2 is 2.00 bits per heavy atom. The number of carbonyl (C=O) groups is 2. The number of amides is 2. The summed E-state index contributed by atoms with van der Waals surface area (Å²) in [6.07, 6.45) is 0. The molecule has 2 aromatic carbocycles. The van der Waals surface area contributed by atoms with Crippen molar-refractivity contribution < 1.29 is 9.59 Å². The van der Waals surface area contributed by atoms with Gasteiger partial charge in [0.25, 0.3) is 5.91 Å². The Kier molecular flexibility index (Phi) is 4.97. The second-order valence-electron chi connectivity index (χ2n) is 5.14. The van der Waals surface area contributed by atoms with Crippen LogP contribution in [0.3, 0.4) is 0 Å². The highest BCUT2D eigenvalue weighted by molar-refractivity contribution is 9.09. The molecule has 0 atom stereocenters. The molecule has 0 bridgehead atoms. The summed E-state index contributed by atoms with van der Waals surface area (Å²) in [5, 5.41) is 9.03. The molecule has 3 rings (SSSR count). The van der Waals surface area contributed by atoms with Gasteiger partial charge in [-0.3, -0.25) is 9.59 Å². The van der Waals surface area contributed by atoms with Crippen molar-refractivity contribution in [1.82, 2.24) is 5.01 Å². The summed E-state index contributed by atoms with van der Waals surface area (Å²) in [7, 11) is 0. The molecule has 0 fully saturated rings. The summed E-state index contributed by atoms with van der Waals surface area (Å²) in [4.78, 5) is 24.2. The Morgan fingerprint density at radius 1 is 1.25 bits per heavy atom. The van der Waals surface area contributed by atoms with Gasteiger partial charge in [0, 0.05) is 16.1 Å². The predicted octanol–water partition coefficient (Wildman–Crippen LogP) is 3.27. The van der Waals surface area contributed by atoms with Gasteiger partial charge in [0.05, 0.1) is 11.0 Å². The van der Waals surface area contributed by atoms with E-state index in [-0.39, 0.29) is 23.7 Å². The van der Waals surface area contributed by atoms with E-state index in [1.165, 1.54) is 0 Å². The Hall–Kier alpha value is -2.18. The minimum atomic E-state index is -0.316. The van der Waals surface area contributed by atoms with Crippen molar-refractivity contribution in [2.45, 2.75) is 0 Å². The van der Waals surface area contributed by atoms with Gasteiger partial charge in [-0.15, -0.1) is 0 Å². The van der Waals surface area contributed by atoms with Crippen molar-refractivity contribution in [1.29, 1.82) is 0 Å². The van der Waals surface area contributed by atoms with Gasteiger partial charge in [-0.05, 0) is 18.2 Å². The maximum absolute atomic E-state index is 12.1. The van der Waals surface area contributed by atoms with E-state index >= 15 is 0 Å². The van der Waals surface area contributed by atoms with Gasteiger partial charge in [-0.2, -0.15) is 5.10 Å². The van der Waals surface area contributed by atoms with Crippen molar-refractivity contribution >= 4 is 50.7 Å². The third kappa shape index (κ3) is 3.49. The number of hydrogen-bond acceptors (Lipinski definition) is 3. The number of carbonyl (C=O) groups excluding carboxylic acids is 2. The Balaban J connectivity index is 2.22. The third-order valence-electron chi connectivity index (χ3n) is 3.47. The molecule has 0 aliphatic carbocycles. The van der Waals surface area contributed by atoms with Crippen molar-refractivity contribution in [3.63, 3.8) is 0 Å². The van der Waals surface area contributed by atoms with E-state index in [1.54, 1.807) is 18.2 Å². The summed E-state index contributed by atoms with van der Waals surface area (Å²) in [6.45, 7) is -0.150. The molecule has 2 amide bonds. The SMILES string of the molecule is O=C1CN(C(=O)CBr)N=C(c2ccccc2)c2cc(Cl)ccc2N1. The molecule has 0 spiro atoms. The van der Waals surface area contributed by atoms with Crippen LogP contribution in [0, 0.1) is 0 Å². The van der Waals surface area contributed by atoms with Crippen LogP contribution >= 0.6 is 27.5 Å². The molecular formula is C17H13BrClN3O2. The zero-order chi connectivity index (χ0) is 17.1. The van der Waals surface area contributed by atoms with Crippen LogP contribution in [-0.4, -0.2) is 34.4 Å². The Bertz CT molecular complexity index is 824. The highest BCUT2D eigenvalue weighted by atomic mass is 79.9. The first-order chi connectivity index (χ1) is 11.6. The molecule has 24 heavy (non-hydrogen) atoms. The number of nitrogens with one attached hydrogen (secondary N) is 1. The van der Waals surface area contributed by atoms with E-state index in [1.807, 2.05) is 30.3 Å². The highest BCUT2D eigenvalue weighted by Crippen LogP contribution is 2.26. The standard InChI is InChI=1S/C17H13BrClN3O2/c18-9-16(24)22-10-15(23)20-14-7-6-12(19)8-13(14)17(21-22)11-4-2-1-3-5-11/h1-8H,9-10H2,(H,20,23). The second-order valence-corrected chi connectivity index (χ2v) is 6.13. The van der Waals surface area contributed by atoms with E-state index < -0.39 is 0 Å². The number of nitrogens with zero attached hydrogens (tertiary/aromatic N) is 2. The first-order valence-electron chi connectivity index (χ1n) is 7.18. The zero-order valence-electron chi connectivity index (χ0n) is 12.5. The van der Waals surface area contributed by atoms with Crippen LogP contribution in [-0.2, 0) is 9.59 Å². The summed E-state index contributed by atoms with van der Waals surface area (Å²) < 4.78 is 0. The number of benzene rings is 2. The lowest BCUT2D eigenvalue weighted by atomic mass is 10.0. The first-order valence-corrected chi connectivity index (χ1v) is 8.68. The number of rotatable bonds is 2. The molecule has 122 valence electrons.